The summed E-state index contributed by atoms with van der Waals surface area (Å²) in [5.74, 6) is 0. The molecule has 4 rings (SSSR count). The molecule has 130 valence electrons. The fourth-order valence-corrected chi connectivity index (χ4v) is 5.39. The highest BCUT2D eigenvalue weighted by molar-refractivity contribution is 8.03. The molecule has 2 aromatic carbocycles. The highest BCUT2D eigenvalue weighted by atomic mass is 127. The van der Waals surface area contributed by atoms with Gasteiger partial charge in [-0.2, -0.15) is 4.57 Å². The van der Waals surface area contributed by atoms with Crippen LogP contribution >= 0.6 is 23.1 Å². The van der Waals surface area contributed by atoms with Crippen molar-refractivity contribution in [3.05, 3.63) is 58.1 Å². The second-order valence-electron chi connectivity index (χ2n) is 5.90. The molecule has 2 heterocycles. The van der Waals surface area contributed by atoms with Crippen LogP contribution in [-0.4, -0.2) is 18.3 Å². The summed E-state index contributed by atoms with van der Waals surface area (Å²) < 4.78 is 3.52. The maximum Gasteiger partial charge on any atom is 0.265 e. The van der Waals surface area contributed by atoms with Crippen molar-refractivity contribution < 1.29 is 33.7 Å². The molecule has 0 aliphatic carbocycles. The first-order valence-electron chi connectivity index (χ1n) is 7.93. The van der Waals surface area contributed by atoms with Gasteiger partial charge in [-0.1, -0.05) is 41.3 Å². The van der Waals surface area contributed by atoms with Gasteiger partial charge in [0.05, 0.1) is 23.4 Å². The van der Waals surface area contributed by atoms with Crippen molar-refractivity contribution in [2.75, 3.05) is 18.1 Å². The number of halogens is 1. The Balaban J connectivity index is 0.00000182. The lowest BCUT2D eigenvalue weighted by Crippen LogP contribution is -3.00. The second-order valence-corrected chi connectivity index (χ2v) is 8.02. The molecule has 0 spiro atoms. The van der Waals surface area contributed by atoms with Crippen molar-refractivity contribution in [2.24, 2.45) is 7.05 Å². The minimum absolute atomic E-state index is 0. The van der Waals surface area contributed by atoms with E-state index in [1.165, 1.54) is 36.4 Å². The number of aromatic nitrogens is 1. The minimum Gasteiger partial charge on any atom is -1.00 e. The number of hydrogen-bond donors (Lipinski definition) is 1. The molecule has 0 unspecified atom stereocenters. The maximum absolute atomic E-state index is 9.48. The van der Waals surface area contributed by atoms with Gasteiger partial charge in [0.25, 0.3) is 5.01 Å². The highest BCUT2D eigenvalue weighted by Crippen LogP contribution is 2.47. The zero-order chi connectivity index (χ0) is 16.7. The number of nitrogens with zero attached hydrogens (tertiary/aromatic N) is 2. The zero-order valence-electron chi connectivity index (χ0n) is 14.1. The second kappa shape index (κ2) is 7.65. The highest BCUT2D eigenvalue weighted by Gasteiger charge is 2.26. The Morgan fingerprint density at radius 3 is 2.76 bits per heavy atom. The molecule has 0 amide bonds. The smallest absolute Gasteiger partial charge is 0.265 e. The quantitative estimate of drug-likeness (QED) is 0.445. The molecule has 1 aliphatic heterocycles. The van der Waals surface area contributed by atoms with E-state index < -0.39 is 0 Å². The Hall–Kier alpha value is -1.09. The third-order valence-corrected chi connectivity index (χ3v) is 6.49. The summed E-state index contributed by atoms with van der Waals surface area (Å²) in [5, 5.41) is 11.9. The molecule has 0 radical (unpaired) electrons. The van der Waals surface area contributed by atoms with Crippen LogP contribution in [0.2, 0.25) is 0 Å². The van der Waals surface area contributed by atoms with Gasteiger partial charge in [0, 0.05) is 17.5 Å². The Kier molecular flexibility index (Phi) is 5.72. The van der Waals surface area contributed by atoms with Crippen LogP contribution in [0.5, 0.6) is 0 Å². The first kappa shape index (κ1) is 18.7. The molecule has 0 bridgehead atoms. The van der Waals surface area contributed by atoms with Gasteiger partial charge in [0.1, 0.15) is 11.7 Å². The molecule has 1 N–H and O–H groups in total. The number of anilines is 1. The first-order chi connectivity index (χ1) is 11.7. The summed E-state index contributed by atoms with van der Waals surface area (Å²) in [7, 11) is 2.11. The first-order valence-corrected chi connectivity index (χ1v) is 9.57. The van der Waals surface area contributed by atoms with Crippen molar-refractivity contribution in [3.8, 4) is 0 Å². The van der Waals surface area contributed by atoms with Crippen LogP contribution in [0.15, 0.2) is 52.4 Å². The molecule has 0 fully saturated rings. The number of benzene rings is 2. The molecule has 25 heavy (non-hydrogen) atoms. The van der Waals surface area contributed by atoms with Gasteiger partial charge in [0.2, 0.25) is 5.52 Å². The van der Waals surface area contributed by atoms with Crippen LogP contribution in [0.4, 0.5) is 5.69 Å². The van der Waals surface area contributed by atoms with E-state index in [1.807, 2.05) is 0 Å². The predicted octanol–water partition coefficient (Wildman–Crippen LogP) is 0.941. The average molecular weight is 482 g/mol. The summed E-state index contributed by atoms with van der Waals surface area (Å²) in [6.07, 6.45) is 2.24. The number of β-amino-alcohol motifs (C(OH)–C–C–N with tert-alkyl or cyclic N) is 1. The summed E-state index contributed by atoms with van der Waals surface area (Å²) in [4.78, 5) is 3.47. The fraction of sp³-hybridized carbons (Fsp3) is 0.211. The van der Waals surface area contributed by atoms with Gasteiger partial charge >= 0.3 is 0 Å². The lowest BCUT2D eigenvalue weighted by atomic mass is 10.2. The Bertz CT molecular complexity index is 952. The zero-order valence-corrected chi connectivity index (χ0v) is 17.9. The van der Waals surface area contributed by atoms with E-state index in [2.05, 4.69) is 72.0 Å². The standard InChI is InChI=1S/C19H19N2OS2.HI/c1-13-7-8-15-17(11-13)24-19(21(15)9-10-22)12-18-20(2)14-5-3-4-6-16(14)23-18;/h3-8,11-12,22H,9-10H2,1-2H3;1H/q+1;/p-1. The van der Waals surface area contributed by atoms with Crippen molar-refractivity contribution in [1.82, 2.24) is 0 Å². The number of aliphatic hydroxyl groups excluding tert-OH is 1. The third kappa shape index (κ3) is 3.45. The molecular formula is C19H19IN2OS2. The minimum atomic E-state index is 0. The number of thioether (sulfide) groups is 1. The molecule has 6 heteroatoms. The average Bonchev–Trinajstić information content (AvgIpc) is 3.07. The summed E-state index contributed by atoms with van der Waals surface area (Å²) in [5.41, 5.74) is 3.70. The number of thiazole rings is 1. The van der Waals surface area contributed by atoms with Gasteiger partial charge in [0.15, 0.2) is 0 Å². The number of aryl methyl sites for hydroxylation is 2. The topological polar surface area (TPSA) is 27.4 Å². The molecule has 1 aliphatic rings. The van der Waals surface area contributed by atoms with Crippen LogP contribution < -0.4 is 33.4 Å². The molecule has 3 nitrogen and oxygen atoms in total. The van der Waals surface area contributed by atoms with E-state index in [9.17, 15) is 5.11 Å². The normalized spacial score (nSPS) is 14.8. The maximum atomic E-state index is 9.48. The number of fused-ring (bicyclic) bond motifs is 2. The predicted molar refractivity (Wildman–Crippen MR) is 102 cm³/mol. The van der Waals surface area contributed by atoms with Gasteiger partial charge in [-0.3, -0.25) is 0 Å². The Labute approximate surface area is 173 Å². The SMILES string of the molecule is Cc1ccc2c(c1)S/C(=C\c1sc3ccccc3[n+]1C)N2CCO.[I-]. The van der Waals surface area contributed by atoms with E-state index in [-0.39, 0.29) is 30.6 Å². The van der Waals surface area contributed by atoms with Gasteiger partial charge in [-0.15, -0.1) is 0 Å². The lowest BCUT2D eigenvalue weighted by molar-refractivity contribution is -0.642. The molecule has 3 aromatic rings. The fourth-order valence-electron chi connectivity index (χ4n) is 3.00. The van der Waals surface area contributed by atoms with E-state index in [0.29, 0.717) is 6.54 Å². The van der Waals surface area contributed by atoms with E-state index in [1.54, 1.807) is 23.1 Å². The third-order valence-electron chi connectivity index (χ3n) is 4.23. The summed E-state index contributed by atoms with van der Waals surface area (Å²) >= 11 is 3.58. The summed E-state index contributed by atoms with van der Waals surface area (Å²) in [6.45, 7) is 2.87. The van der Waals surface area contributed by atoms with Gasteiger partial charge < -0.3 is 34.0 Å². The molecule has 0 atom stereocenters. The number of para-hydroxylation sites is 1. The van der Waals surface area contributed by atoms with E-state index in [0.717, 1.165) is 0 Å². The summed E-state index contributed by atoms with van der Waals surface area (Å²) in [6, 6.07) is 15.0. The van der Waals surface area contributed by atoms with Crippen LogP contribution in [0.25, 0.3) is 16.3 Å². The number of rotatable bonds is 3. The van der Waals surface area contributed by atoms with Crippen LogP contribution in [-0.2, 0) is 7.05 Å². The number of hydrogen-bond acceptors (Lipinski definition) is 4. The van der Waals surface area contributed by atoms with Crippen molar-refractivity contribution >= 4 is 45.1 Å². The van der Waals surface area contributed by atoms with E-state index in [4.69, 9.17) is 0 Å². The Morgan fingerprint density at radius 2 is 2.00 bits per heavy atom. The largest absolute Gasteiger partial charge is 1.00 e. The van der Waals surface area contributed by atoms with Gasteiger partial charge in [-0.05, 0) is 30.7 Å². The van der Waals surface area contributed by atoms with Crippen molar-refractivity contribution in [1.29, 1.82) is 0 Å². The molecular weight excluding hydrogens is 463 g/mol. The number of aliphatic hydroxyl groups is 1. The van der Waals surface area contributed by atoms with Gasteiger partial charge in [-0.25, -0.2) is 0 Å². The van der Waals surface area contributed by atoms with E-state index >= 15 is 0 Å². The van der Waals surface area contributed by atoms with Crippen molar-refractivity contribution in [2.45, 2.75) is 11.8 Å². The van der Waals surface area contributed by atoms with Crippen LogP contribution in [0.3, 0.4) is 0 Å². The Morgan fingerprint density at radius 1 is 1.20 bits per heavy atom. The van der Waals surface area contributed by atoms with Crippen molar-refractivity contribution in [3.63, 3.8) is 0 Å². The van der Waals surface area contributed by atoms with Crippen LogP contribution in [0.1, 0.15) is 10.6 Å². The lowest BCUT2D eigenvalue weighted by Gasteiger charge is -2.18. The molecule has 1 aromatic heterocycles. The van der Waals surface area contributed by atoms with Crippen LogP contribution in [0, 0.1) is 6.92 Å². The monoisotopic (exact) mass is 482 g/mol. The molecule has 0 saturated heterocycles. The molecule has 0 saturated carbocycles.